The molecule has 3 N–H and O–H groups in total. The Morgan fingerprint density at radius 2 is 1.72 bits per heavy atom. The summed E-state index contributed by atoms with van der Waals surface area (Å²) in [4.78, 5) is 23.6. The number of carbonyl (C=O) groups excluding carboxylic acids is 1. The van der Waals surface area contributed by atoms with Gasteiger partial charge in [0.15, 0.2) is 0 Å². The number of anilines is 3. The first kappa shape index (κ1) is 21.2. The van der Waals surface area contributed by atoms with Crippen LogP contribution in [0.3, 0.4) is 0 Å². The van der Waals surface area contributed by atoms with Crippen LogP contribution in [0.1, 0.15) is 21.6 Å². The molecule has 2 heterocycles. The van der Waals surface area contributed by atoms with E-state index in [1.54, 1.807) is 32.3 Å². The van der Waals surface area contributed by atoms with Gasteiger partial charge in [0.1, 0.15) is 28.8 Å². The first-order chi connectivity index (χ1) is 15.5. The molecule has 166 valence electrons. The van der Waals surface area contributed by atoms with Crippen LogP contribution in [0.2, 0.25) is 0 Å². The first-order valence-electron chi connectivity index (χ1n) is 10.1. The summed E-state index contributed by atoms with van der Waals surface area (Å²) in [6.07, 6.45) is 0.596. The molecule has 0 spiro atoms. The first-order valence-corrected chi connectivity index (χ1v) is 10.1. The van der Waals surface area contributed by atoms with Crippen LogP contribution in [0.5, 0.6) is 17.2 Å². The summed E-state index contributed by atoms with van der Waals surface area (Å²) < 4.78 is 15.9. The second kappa shape index (κ2) is 9.01. The second-order valence-corrected chi connectivity index (χ2v) is 7.27. The number of hydrogen-bond donors (Lipinski definition) is 2. The molecule has 0 bridgehead atoms. The smallest absolute Gasteiger partial charge is 0.273 e. The Balaban J connectivity index is 1.59. The minimum atomic E-state index is -0.198. The lowest BCUT2D eigenvalue weighted by Crippen LogP contribution is -2.38. The predicted molar refractivity (Wildman–Crippen MR) is 121 cm³/mol. The van der Waals surface area contributed by atoms with E-state index in [1.165, 1.54) is 0 Å². The van der Waals surface area contributed by atoms with Crippen molar-refractivity contribution in [3.05, 3.63) is 59.3 Å². The molecule has 1 aliphatic heterocycles. The maximum Gasteiger partial charge on any atom is 0.273 e. The van der Waals surface area contributed by atoms with Crippen LogP contribution < -0.4 is 25.3 Å². The number of aromatic nitrogens is 2. The predicted octanol–water partition coefficient (Wildman–Crippen LogP) is 3.03. The molecule has 9 heteroatoms. The van der Waals surface area contributed by atoms with E-state index in [1.807, 2.05) is 36.4 Å². The van der Waals surface area contributed by atoms with Crippen molar-refractivity contribution in [2.75, 3.05) is 38.9 Å². The minimum Gasteiger partial charge on any atom is -0.497 e. The molecular formula is C23H25N5O4. The van der Waals surface area contributed by atoms with Crippen molar-refractivity contribution in [3.63, 3.8) is 0 Å². The topological polar surface area (TPSA) is 112 Å². The van der Waals surface area contributed by atoms with E-state index in [0.29, 0.717) is 42.5 Å². The summed E-state index contributed by atoms with van der Waals surface area (Å²) in [5, 5.41) is 3.25. The van der Waals surface area contributed by atoms with E-state index in [2.05, 4.69) is 15.3 Å². The number of carbonyl (C=O) groups is 1. The fourth-order valence-electron chi connectivity index (χ4n) is 3.67. The van der Waals surface area contributed by atoms with Crippen LogP contribution >= 0.6 is 0 Å². The van der Waals surface area contributed by atoms with Crippen molar-refractivity contribution in [2.45, 2.75) is 13.0 Å². The van der Waals surface area contributed by atoms with Crippen molar-refractivity contribution in [3.8, 4) is 17.2 Å². The highest BCUT2D eigenvalue weighted by Gasteiger charge is 2.30. The molecule has 32 heavy (non-hydrogen) atoms. The zero-order chi connectivity index (χ0) is 22.7. The highest BCUT2D eigenvalue weighted by atomic mass is 16.5. The van der Waals surface area contributed by atoms with E-state index >= 15 is 0 Å². The zero-order valence-electron chi connectivity index (χ0n) is 18.2. The summed E-state index contributed by atoms with van der Waals surface area (Å²) in [7, 11) is 4.81. The third kappa shape index (κ3) is 4.22. The van der Waals surface area contributed by atoms with Crippen molar-refractivity contribution >= 4 is 23.4 Å². The number of fused-ring (bicyclic) bond motifs is 1. The van der Waals surface area contributed by atoms with Crippen molar-refractivity contribution in [1.29, 1.82) is 0 Å². The molecule has 2 aromatic carbocycles. The number of methoxy groups -OCH3 is 3. The van der Waals surface area contributed by atoms with Crippen LogP contribution in [0, 0.1) is 0 Å². The van der Waals surface area contributed by atoms with Crippen molar-refractivity contribution in [1.82, 2.24) is 14.9 Å². The molecule has 4 rings (SSSR count). The number of benzene rings is 2. The van der Waals surface area contributed by atoms with Crippen molar-refractivity contribution < 1.29 is 19.0 Å². The number of amides is 1. The normalized spacial score (nSPS) is 12.8. The van der Waals surface area contributed by atoms with Gasteiger partial charge in [-0.25, -0.2) is 4.98 Å². The van der Waals surface area contributed by atoms with Crippen LogP contribution in [0.15, 0.2) is 42.5 Å². The number of nitrogens with one attached hydrogen (secondary N) is 1. The Morgan fingerprint density at radius 1 is 1.00 bits per heavy atom. The van der Waals surface area contributed by atoms with Gasteiger partial charge in [0.05, 0.1) is 21.3 Å². The monoisotopic (exact) mass is 435 g/mol. The average Bonchev–Trinajstić information content (AvgIpc) is 2.81. The maximum atomic E-state index is 13.3. The zero-order valence-corrected chi connectivity index (χ0v) is 18.2. The molecule has 0 saturated heterocycles. The Morgan fingerprint density at radius 3 is 2.41 bits per heavy atom. The van der Waals surface area contributed by atoms with Gasteiger partial charge in [-0.3, -0.25) is 4.79 Å². The summed E-state index contributed by atoms with van der Waals surface area (Å²) in [5.41, 5.74) is 8.68. The van der Waals surface area contributed by atoms with Gasteiger partial charge in [-0.05, 0) is 42.8 Å². The molecule has 0 atom stereocenters. The van der Waals surface area contributed by atoms with E-state index in [0.717, 1.165) is 22.6 Å². The molecule has 0 saturated carbocycles. The Bertz CT molecular complexity index is 1130. The lowest BCUT2D eigenvalue weighted by atomic mass is 10.0. The van der Waals surface area contributed by atoms with Crippen LogP contribution in [-0.4, -0.2) is 48.6 Å². The van der Waals surface area contributed by atoms with Crippen LogP contribution in [0.25, 0.3) is 0 Å². The number of nitrogens with zero attached hydrogens (tertiary/aromatic N) is 3. The van der Waals surface area contributed by atoms with Gasteiger partial charge in [-0.2, -0.15) is 4.98 Å². The molecule has 1 aromatic heterocycles. The SMILES string of the molecule is COc1ccc(Nc2nc(N)nc3c2CCN(Cc2ccc(OC)cc2OC)C3=O)cc1. The summed E-state index contributed by atoms with van der Waals surface area (Å²) >= 11 is 0. The minimum absolute atomic E-state index is 0.0389. The number of rotatable bonds is 7. The summed E-state index contributed by atoms with van der Waals surface area (Å²) in [6.45, 7) is 0.905. The van der Waals surface area contributed by atoms with Gasteiger partial charge < -0.3 is 30.2 Å². The summed E-state index contributed by atoms with van der Waals surface area (Å²) in [5.74, 6) is 2.47. The number of hydrogen-bond acceptors (Lipinski definition) is 8. The molecule has 0 fully saturated rings. The van der Waals surface area contributed by atoms with Crippen LogP contribution in [0.4, 0.5) is 17.5 Å². The molecule has 0 unspecified atom stereocenters. The number of ether oxygens (including phenoxy) is 3. The van der Waals surface area contributed by atoms with Gasteiger partial charge in [0.2, 0.25) is 5.95 Å². The van der Waals surface area contributed by atoms with Gasteiger partial charge >= 0.3 is 0 Å². The second-order valence-electron chi connectivity index (χ2n) is 7.27. The fraction of sp³-hybridized carbons (Fsp3) is 0.261. The quantitative estimate of drug-likeness (QED) is 0.582. The molecule has 0 aliphatic carbocycles. The van der Waals surface area contributed by atoms with Gasteiger partial charge in [0.25, 0.3) is 5.91 Å². The van der Waals surface area contributed by atoms with E-state index in [-0.39, 0.29) is 11.9 Å². The standard InChI is InChI=1S/C23H25N5O4/c1-30-16-8-5-15(6-9-16)25-21-18-10-11-28(22(29)20(18)26-23(24)27-21)13-14-4-7-17(31-2)12-19(14)32-3/h4-9,12H,10-11,13H2,1-3H3,(H3,24,25,26,27). The average molecular weight is 435 g/mol. The lowest BCUT2D eigenvalue weighted by Gasteiger charge is -2.29. The third-order valence-corrected chi connectivity index (χ3v) is 5.35. The molecular weight excluding hydrogens is 410 g/mol. The van der Waals surface area contributed by atoms with E-state index in [4.69, 9.17) is 19.9 Å². The molecule has 9 nitrogen and oxygen atoms in total. The third-order valence-electron chi connectivity index (χ3n) is 5.35. The van der Waals surface area contributed by atoms with Crippen molar-refractivity contribution in [2.24, 2.45) is 0 Å². The van der Waals surface area contributed by atoms with E-state index < -0.39 is 0 Å². The maximum absolute atomic E-state index is 13.3. The summed E-state index contributed by atoms with van der Waals surface area (Å²) in [6, 6.07) is 13.0. The molecule has 3 aromatic rings. The lowest BCUT2D eigenvalue weighted by molar-refractivity contribution is 0.0719. The highest BCUT2D eigenvalue weighted by molar-refractivity contribution is 5.96. The number of nitrogen functional groups attached to an aromatic ring is 1. The number of nitrogens with two attached hydrogens (primary N) is 1. The van der Waals surface area contributed by atoms with Crippen LogP contribution in [-0.2, 0) is 13.0 Å². The Labute approximate surface area is 186 Å². The largest absolute Gasteiger partial charge is 0.497 e. The Hall–Kier alpha value is -4.01. The molecule has 1 amide bonds. The molecule has 1 aliphatic rings. The van der Waals surface area contributed by atoms with Gasteiger partial charge in [-0.1, -0.05) is 0 Å². The van der Waals surface area contributed by atoms with Gasteiger partial charge in [-0.15, -0.1) is 0 Å². The molecule has 0 radical (unpaired) electrons. The van der Waals surface area contributed by atoms with Gasteiger partial charge in [0, 0.05) is 36.0 Å². The van der Waals surface area contributed by atoms with E-state index in [9.17, 15) is 4.79 Å². The fourth-order valence-corrected chi connectivity index (χ4v) is 3.67. The highest BCUT2D eigenvalue weighted by Crippen LogP contribution is 2.30. The Kier molecular flexibility index (Phi) is 5.98.